The Morgan fingerprint density at radius 2 is 1.88 bits per heavy atom. The summed E-state index contributed by atoms with van der Waals surface area (Å²) in [6.07, 6.45) is -0.132. The number of benzene rings is 2. The number of sulfonamides is 1. The zero-order valence-corrected chi connectivity index (χ0v) is 20.7. The summed E-state index contributed by atoms with van der Waals surface area (Å²) >= 11 is 5.86. The largest absolute Gasteiger partial charge is 0.491 e. The molecule has 1 amide bonds. The Labute approximate surface area is 200 Å². The number of hydrogen-bond donors (Lipinski definition) is 2. The van der Waals surface area contributed by atoms with Gasteiger partial charge in [-0.2, -0.15) is 0 Å². The summed E-state index contributed by atoms with van der Waals surface area (Å²) in [6, 6.07) is 10.5. The lowest BCUT2D eigenvalue weighted by Gasteiger charge is -2.30. The number of halogens is 1. The van der Waals surface area contributed by atoms with Gasteiger partial charge in [0.2, 0.25) is 0 Å². The first-order valence-electron chi connectivity index (χ1n) is 10.7. The molecule has 0 radical (unpaired) electrons. The van der Waals surface area contributed by atoms with Gasteiger partial charge >= 0.3 is 0 Å². The quantitative estimate of drug-likeness (QED) is 0.676. The van der Waals surface area contributed by atoms with E-state index in [2.05, 4.69) is 17.0 Å². The molecule has 10 heteroatoms. The number of carbonyl (C=O) groups is 1. The Bertz CT molecular complexity index is 1080. The van der Waals surface area contributed by atoms with E-state index in [0.717, 1.165) is 0 Å². The number of likely N-dealkylation sites (N-methyl/N-ethyl adjacent to an activating group) is 1. The number of nitrogens with one attached hydrogen (secondary N) is 2. The maximum Gasteiger partial charge on any atom is 0.261 e. The number of nitrogens with zero attached hydrogens (tertiary/aromatic N) is 1. The molecule has 0 saturated carbocycles. The van der Waals surface area contributed by atoms with E-state index in [9.17, 15) is 13.2 Å². The van der Waals surface area contributed by atoms with Crippen molar-refractivity contribution in [1.29, 1.82) is 0 Å². The maximum atomic E-state index is 13.2. The number of fused-ring (bicyclic) bond motifs is 1. The summed E-state index contributed by atoms with van der Waals surface area (Å²) < 4.78 is 39.6. The number of carbonyl (C=O) groups excluding carboxylic acids is 1. The lowest BCUT2D eigenvalue weighted by atomic mass is 10.0. The Morgan fingerprint density at radius 3 is 2.55 bits per heavy atom. The van der Waals surface area contributed by atoms with Crippen LogP contribution in [0.5, 0.6) is 5.75 Å². The average Bonchev–Trinajstić information content (AvgIpc) is 2.78. The lowest BCUT2D eigenvalue weighted by Crippen LogP contribution is -2.44. The van der Waals surface area contributed by atoms with Crippen molar-refractivity contribution in [1.82, 2.24) is 10.2 Å². The Morgan fingerprint density at radius 1 is 1.18 bits per heavy atom. The average molecular weight is 496 g/mol. The fraction of sp³-hybridized carbons (Fsp3) is 0.435. The highest BCUT2D eigenvalue weighted by molar-refractivity contribution is 7.92. The SMILES string of the molecule is CO[C@@H]1CN(C)C(=O)c2ccc(NS(=O)(=O)c3ccc(Cl)cc3)cc2OC[C@@H](C)NC[C@@H]1C. The van der Waals surface area contributed by atoms with Crippen LogP contribution >= 0.6 is 11.6 Å². The van der Waals surface area contributed by atoms with E-state index < -0.39 is 10.0 Å². The minimum Gasteiger partial charge on any atom is -0.491 e. The van der Waals surface area contributed by atoms with Crippen LogP contribution in [0.15, 0.2) is 47.4 Å². The Balaban J connectivity index is 1.91. The molecule has 0 fully saturated rings. The molecule has 0 aliphatic carbocycles. The van der Waals surface area contributed by atoms with Gasteiger partial charge in [-0.15, -0.1) is 0 Å². The second-order valence-corrected chi connectivity index (χ2v) is 10.4. The predicted octanol–water partition coefficient (Wildman–Crippen LogP) is 3.23. The highest BCUT2D eigenvalue weighted by Gasteiger charge is 2.26. The van der Waals surface area contributed by atoms with Crippen molar-refractivity contribution in [2.45, 2.75) is 30.9 Å². The number of hydrogen-bond acceptors (Lipinski definition) is 6. The van der Waals surface area contributed by atoms with Gasteiger partial charge < -0.3 is 19.7 Å². The van der Waals surface area contributed by atoms with Crippen LogP contribution in [0.1, 0.15) is 24.2 Å². The third kappa shape index (κ3) is 6.38. The number of amides is 1. The van der Waals surface area contributed by atoms with Gasteiger partial charge in [0.05, 0.1) is 22.3 Å². The molecule has 2 aromatic rings. The third-order valence-electron chi connectivity index (χ3n) is 5.60. The summed E-state index contributed by atoms with van der Waals surface area (Å²) in [5, 5.41) is 3.86. The fourth-order valence-corrected chi connectivity index (χ4v) is 4.72. The van der Waals surface area contributed by atoms with E-state index in [1.807, 2.05) is 6.92 Å². The van der Waals surface area contributed by atoms with E-state index in [1.54, 1.807) is 31.2 Å². The second-order valence-electron chi connectivity index (χ2n) is 8.33. The van der Waals surface area contributed by atoms with E-state index in [-0.39, 0.29) is 34.6 Å². The second kappa shape index (κ2) is 10.7. The fourth-order valence-electron chi connectivity index (χ4n) is 3.55. The number of rotatable bonds is 4. The topological polar surface area (TPSA) is 97.0 Å². The molecule has 8 nitrogen and oxygen atoms in total. The molecule has 1 aliphatic heterocycles. The molecule has 0 spiro atoms. The minimum atomic E-state index is -3.84. The van der Waals surface area contributed by atoms with Crippen LogP contribution in [0.3, 0.4) is 0 Å². The van der Waals surface area contributed by atoms with E-state index >= 15 is 0 Å². The van der Waals surface area contributed by atoms with E-state index in [1.165, 1.54) is 30.3 Å². The summed E-state index contributed by atoms with van der Waals surface area (Å²) in [4.78, 5) is 14.8. The highest BCUT2D eigenvalue weighted by atomic mass is 35.5. The molecule has 0 unspecified atom stereocenters. The van der Waals surface area contributed by atoms with Crippen molar-refractivity contribution in [2.24, 2.45) is 5.92 Å². The van der Waals surface area contributed by atoms with Crippen LogP contribution in [0.4, 0.5) is 5.69 Å². The summed E-state index contributed by atoms with van der Waals surface area (Å²) in [6.45, 7) is 5.49. The molecule has 1 aliphatic rings. The highest BCUT2D eigenvalue weighted by Crippen LogP contribution is 2.27. The molecule has 2 aromatic carbocycles. The normalized spacial score (nSPS) is 22.5. The Kier molecular flexibility index (Phi) is 8.23. The number of anilines is 1. The zero-order chi connectivity index (χ0) is 24.2. The van der Waals surface area contributed by atoms with Gasteiger partial charge in [0.1, 0.15) is 12.4 Å². The molecular weight excluding hydrogens is 466 g/mol. The maximum absolute atomic E-state index is 13.2. The van der Waals surface area contributed by atoms with E-state index in [4.69, 9.17) is 21.1 Å². The van der Waals surface area contributed by atoms with Gasteiger partial charge in [-0.05, 0) is 49.2 Å². The van der Waals surface area contributed by atoms with Crippen LogP contribution in [0.25, 0.3) is 0 Å². The van der Waals surface area contributed by atoms with Gasteiger partial charge in [-0.3, -0.25) is 9.52 Å². The zero-order valence-electron chi connectivity index (χ0n) is 19.2. The van der Waals surface area contributed by atoms with Crippen molar-refractivity contribution in [3.05, 3.63) is 53.1 Å². The molecule has 0 bridgehead atoms. The van der Waals surface area contributed by atoms with E-state index in [0.29, 0.717) is 36.0 Å². The standard InChI is InChI=1S/C23H30ClN3O5S/c1-15-12-25-16(2)14-32-21-11-18(26-33(29,30)19-8-5-17(24)6-9-19)7-10-20(21)23(28)27(3)13-22(15)31-4/h5-11,15-16,22,25-26H,12-14H2,1-4H3/t15-,16+,22+/m0/s1. The van der Waals surface area contributed by atoms with Crippen molar-refractivity contribution in [3.63, 3.8) is 0 Å². The van der Waals surface area contributed by atoms with Crippen molar-refractivity contribution < 1.29 is 22.7 Å². The van der Waals surface area contributed by atoms with Crippen molar-refractivity contribution in [3.8, 4) is 5.75 Å². The van der Waals surface area contributed by atoms with Crippen LogP contribution in [-0.2, 0) is 14.8 Å². The first kappa shape index (κ1) is 25.3. The van der Waals surface area contributed by atoms with Crippen LogP contribution < -0.4 is 14.8 Å². The minimum absolute atomic E-state index is 0.0134. The van der Waals surface area contributed by atoms with Crippen LogP contribution in [0.2, 0.25) is 5.02 Å². The van der Waals surface area contributed by atoms with Gasteiger partial charge in [0, 0.05) is 44.4 Å². The molecule has 0 aromatic heterocycles. The van der Waals surface area contributed by atoms with Gasteiger partial charge in [-0.1, -0.05) is 18.5 Å². The summed E-state index contributed by atoms with van der Waals surface area (Å²) in [5.74, 6) is 0.267. The van der Waals surface area contributed by atoms with Crippen molar-refractivity contribution in [2.75, 3.05) is 38.6 Å². The molecule has 180 valence electrons. The lowest BCUT2D eigenvalue weighted by molar-refractivity contribution is 0.0281. The smallest absolute Gasteiger partial charge is 0.261 e. The van der Waals surface area contributed by atoms with Crippen LogP contribution in [0, 0.1) is 5.92 Å². The molecule has 33 heavy (non-hydrogen) atoms. The number of methoxy groups -OCH3 is 1. The number of ether oxygens (including phenoxy) is 2. The molecular formula is C23H30ClN3O5S. The molecule has 2 N–H and O–H groups in total. The molecule has 3 rings (SSSR count). The van der Waals surface area contributed by atoms with Crippen LogP contribution in [-0.4, -0.2) is 65.2 Å². The first-order chi connectivity index (χ1) is 15.6. The first-order valence-corrected chi connectivity index (χ1v) is 12.5. The molecule has 0 saturated heterocycles. The van der Waals surface area contributed by atoms with Gasteiger partial charge in [-0.25, -0.2) is 8.42 Å². The van der Waals surface area contributed by atoms with Gasteiger partial charge in [0.25, 0.3) is 15.9 Å². The summed E-state index contributed by atoms with van der Waals surface area (Å²) in [5.41, 5.74) is 0.637. The third-order valence-corrected chi connectivity index (χ3v) is 7.25. The molecule has 3 atom stereocenters. The predicted molar refractivity (Wildman–Crippen MR) is 129 cm³/mol. The monoisotopic (exact) mass is 495 g/mol. The Hall–Kier alpha value is -2.33. The van der Waals surface area contributed by atoms with Crippen molar-refractivity contribution >= 4 is 33.2 Å². The molecule has 1 heterocycles. The van der Waals surface area contributed by atoms with Gasteiger partial charge in [0.15, 0.2) is 0 Å². The summed E-state index contributed by atoms with van der Waals surface area (Å²) in [7, 11) is -0.481.